The molecule has 0 heterocycles. The number of hydrogen-bond acceptors (Lipinski definition) is 2. The van der Waals surface area contributed by atoms with E-state index in [4.69, 9.17) is 9.92 Å². The van der Waals surface area contributed by atoms with Gasteiger partial charge in [-0.25, -0.2) is 0 Å². The van der Waals surface area contributed by atoms with Crippen LogP contribution in [-0.4, -0.2) is 17.1 Å². The Bertz CT molecular complexity index is 8.00. The van der Waals surface area contributed by atoms with E-state index in [2.05, 4.69) is 0 Å². The topological polar surface area (TPSA) is 40.5 Å². The van der Waals surface area contributed by atoms with Gasteiger partial charge < -0.3 is 9.92 Å². The zero-order chi connectivity index (χ0) is 3.41. The van der Waals surface area contributed by atoms with Gasteiger partial charge in [-0.05, 0) is 0 Å². The second-order valence-corrected chi connectivity index (χ2v) is 0.949. The molecule has 4 heavy (non-hydrogen) atoms. The molecular weight excluding hydrogens is 73.8 g/mol. The van der Waals surface area contributed by atoms with Crippen LogP contribution in [0, 0.1) is 0 Å². The van der Waals surface area contributed by atoms with Gasteiger partial charge in [0.15, 0.2) is 0 Å². The Morgan fingerprint density at radius 2 is 2.00 bits per heavy atom. The van der Waals surface area contributed by atoms with Crippen LogP contribution >= 0.6 is 8.69 Å². The van der Waals surface area contributed by atoms with Gasteiger partial charge in [0.25, 0.3) is 0 Å². The standard InChI is InChI=1S/BH4O2P/c2-1-4-3/h1-4H. The van der Waals surface area contributed by atoms with E-state index < -0.39 is 0 Å². The normalized spacial score (nSPS) is 9.50. The fraction of sp³-hybridized carbons (Fsp3) is 0. The minimum Gasteiger partial charge on any atom is -0.448 e. The van der Waals surface area contributed by atoms with E-state index in [1.807, 2.05) is 0 Å². The zero-order valence-corrected chi connectivity index (χ0v) is 3.10. The van der Waals surface area contributed by atoms with E-state index in [0.717, 1.165) is 0 Å². The van der Waals surface area contributed by atoms with Crippen LogP contribution in [-0.2, 0) is 0 Å². The van der Waals surface area contributed by atoms with Crippen LogP contribution in [0.2, 0.25) is 0 Å². The van der Waals surface area contributed by atoms with Crippen LogP contribution in [0.4, 0.5) is 0 Å². The molecule has 2 N–H and O–H groups in total. The lowest BCUT2D eigenvalue weighted by Gasteiger charge is -1.65. The van der Waals surface area contributed by atoms with Gasteiger partial charge in [0.1, 0.15) is 0 Å². The summed E-state index contributed by atoms with van der Waals surface area (Å²) in [5.74, 6) is 0. The predicted octanol–water partition coefficient (Wildman–Crippen LogP) is -1.17. The highest BCUT2D eigenvalue weighted by Crippen LogP contribution is 1.88. The van der Waals surface area contributed by atoms with E-state index in [9.17, 15) is 0 Å². The van der Waals surface area contributed by atoms with E-state index in [1.165, 1.54) is 0 Å². The van der Waals surface area contributed by atoms with Crippen molar-refractivity contribution in [1.29, 1.82) is 0 Å². The van der Waals surface area contributed by atoms with Gasteiger partial charge in [0, 0.05) is 8.69 Å². The fourth-order valence-electron chi connectivity index (χ4n) is 0. The molecule has 2 nitrogen and oxygen atoms in total. The van der Waals surface area contributed by atoms with Gasteiger partial charge in [0.2, 0.25) is 0 Å². The lowest BCUT2D eigenvalue weighted by molar-refractivity contribution is 0.605. The molecule has 1 atom stereocenters. The summed E-state index contributed by atoms with van der Waals surface area (Å²) < 4.78 is 0. The molecule has 24 valence electrons. The lowest BCUT2D eigenvalue weighted by Crippen LogP contribution is -1.66. The average Bonchev–Trinajstić information content (AvgIpc) is 1.37. The van der Waals surface area contributed by atoms with Crippen LogP contribution < -0.4 is 0 Å². The molecule has 0 fully saturated rings. The smallest absolute Gasteiger partial charge is 0.325 e. The SMILES string of the molecule is OBPO. The molecule has 0 aliphatic heterocycles. The quantitative estimate of drug-likeness (QED) is 0.306. The summed E-state index contributed by atoms with van der Waals surface area (Å²) >= 11 is 0. The molecule has 0 aliphatic rings. The maximum Gasteiger partial charge on any atom is 0.325 e. The first-order valence-electron chi connectivity index (χ1n) is 0.893. The van der Waals surface area contributed by atoms with Crippen molar-refractivity contribution in [2.24, 2.45) is 0 Å². The van der Waals surface area contributed by atoms with Crippen molar-refractivity contribution in [3.05, 3.63) is 0 Å². The maximum atomic E-state index is 7.65. The molecular formula is H4BO2P. The summed E-state index contributed by atoms with van der Waals surface area (Å²) in [5.41, 5.74) is 0. The largest absolute Gasteiger partial charge is 0.448 e. The maximum absolute atomic E-state index is 7.65. The van der Waals surface area contributed by atoms with Crippen molar-refractivity contribution in [1.82, 2.24) is 0 Å². The van der Waals surface area contributed by atoms with Crippen molar-refractivity contribution in [2.45, 2.75) is 0 Å². The lowest BCUT2D eigenvalue weighted by atomic mass is 10.6. The van der Waals surface area contributed by atoms with E-state index in [1.54, 1.807) is 0 Å². The van der Waals surface area contributed by atoms with Gasteiger partial charge in [-0.3, -0.25) is 0 Å². The molecule has 0 saturated heterocycles. The molecule has 0 bridgehead atoms. The van der Waals surface area contributed by atoms with Crippen molar-refractivity contribution in [2.75, 3.05) is 0 Å². The molecule has 1 unspecified atom stereocenters. The summed E-state index contributed by atoms with van der Waals surface area (Å²) in [6.07, 6.45) is 0. The molecule has 0 aliphatic carbocycles. The minimum atomic E-state index is -0.304. The Hall–Kier alpha value is 0.415. The van der Waals surface area contributed by atoms with Gasteiger partial charge in [-0.2, -0.15) is 0 Å². The fourth-order valence-corrected chi connectivity index (χ4v) is 0. The molecule has 0 amide bonds. The first-order chi connectivity index (χ1) is 1.91. The Labute approximate surface area is 26.9 Å². The number of hydrogen-bond donors (Lipinski definition) is 2. The first kappa shape index (κ1) is 4.41. The van der Waals surface area contributed by atoms with Crippen LogP contribution in [0.3, 0.4) is 0 Å². The summed E-state index contributed by atoms with van der Waals surface area (Å²) in [6, 6.07) is 0. The third-order valence-corrected chi connectivity index (χ3v) is 0.212. The van der Waals surface area contributed by atoms with Crippen LogP contribution in [0.1, 0.15) is 0 Å². The molecule has 0 aromatic heterocycles. The van der Waals surface area contributed by atoms with Gasteiger partial charge >= 0.3 is 7.20 Å². The summed E-state index contributed by atoms with van der Waals surface area (Å²) in [5, 5.41) is 7.64. The van der Waals surface area contributed by atoms with E-state index >= 15 is 0 Å². The van der Waals surface area contributed by atoms with Crippen molar-refractivity contribution in [3.8, 4) is 0 Å². The van der Waals surface area contributed by atoms with Crippen LogP contribution in [0.15, 0.2) is 0 Å². The highest BCUT2D eigenvalue weighted by molar-refractivity contribution is 7.64. The molecule has 0 spiro atoms. The van der Waals surface area contributed by atoms with Crippen LogP contribution in [0.25, 0.3) is 0 Å². The Kier molecular flexibility index (Phi) is 3.77. The third kappa shape index (κ3) is 2.41. The molecule has 0 saturated carbocycles. The Morgan fingerprint density at radius 3 is 2.00 bits per heavy atom. The van der Waals surface area contributed by atoms with Gasteiger partial charge in [-0.15, -0.1) is 0 Å². The molecule has 0 aromatic rings. The summed E-state index contributed by atoms with van der Waals surface area (Å²) in [6.45, 7) is 0. The second-order valence-electron chi connectivity index (χ2n) is 0.316. The molecule has 0 rings (SSSR count). The first-order valence-corrected chi connectivity index (χ1v) is 2.05. The minimum absolute atomic E-state index is 0.0972. The summed E-state index contributed by atoms with van der Waals surface area (Å²) in [7, 11) is -0.401. The van der Waals surface area contributed by atoms with Gasteiger partial charge in [0.05, 0.1) is 0 Å². The molecule has 4 heteroatoms. The molecule has 0 radical (unpaired) electrons. The molecule has 0 aromatic carbocycles. The number of rotatable bonds is 1. The van der Waals surface area contributed by atoms with Crippen molar-refractivity contribution < 1.29 is 9.92 Å². The second kappa shape index (κ2) is 3.41. The van der Waals surface area contributed by atoms with Crippen molar-refractivity contribution >= 4 is 15.9 Å². The van der Waals surface area contributed by atoms with Crippen molar-refractivity contribution in [3.63, 3.8) is 0 Å². The average molecular weight is 77.8 g/mol. The Balaban J connectivity index is 1.97. The predicted molar refractivity (Wildman–Crippen MR) is 19.9 cm³/mol. The monoisotopic (exact) mass is 78.0 g/mol. The van der Waals surface area contributed by atoms with Crippen LogP contribution in [0.5, 0.6) is 0 Å². The van der Waals surface area contributed by atoms with Gasteiger partial charge in [-0.1, -0.05) is 0 Å². The Morgan fingerprint density at radius 1 is 1.75 bits per heavy atom. The summed E-state index contributed by atoms with van der Waals surface area (Å²) in [4.78, 5) is 7.65. The van der Waals surface area contributed by atoms with E-state index in [-0.39, 0.29) is 15.9 Å². The zero-order valence-electron chi connectivity index (χ0n) is 2.10. The highest BCUT2D eigenvalue weighted by Gasteiger charge is 1.66. The third-order valence-electron chi connectivity index (χ3n) is 0.0707. The highest BCUT2D eigenvalue weighted by atomic mass is 31.1. The van der Waals surface area contributed by atoms with E-state index in [0.29, 0.717) is 0 Å².